The lowest BCUT2D eigenvalue weighted by molar-refractivity contribution is 0.0673. The van der Waals surface area contributed by atoms with Crippen LogP contribution in [0, 0.1) is 0 Å². The van der Waals surface area contributed by atoms with Crippen molar-refractivity contribution in [3.05, 3.63) is 0 Å². The van der Waals surface area contributed by atoms with E-state index in [2.05, 4.69) is 6.92 Å². The summed E-state index contributed by atoms with van der Waals surface area (Å²) in [5.41, 5.74) is 0. The molecule has 3 heteroatoms. The molecule has 0 fully saturated rings. The van der Waals surface area contributed by atoms with Gasteiger partial charge in [0.1, 0.15) is 6.67 Å². The minimum Gasteiger partial charge on any atom is -0.378 e. The van der Waals surface area contributed by atoms with Gasteiger partial charge in [0.15, 0.2) is 6.17 Å². The molecule has 12 heavy (non-hydrogen) atoms. The molecular formula is C9H18F2O. The van der Waals surface area contributed by atoms with Crippen LogP contribution in [0.5, 0.6) is 0 Å². The van der Waals surface area contributed by atoms with E-state index in [0.717, 1.165) is 12.8 Å². The molecule has 0 aliphatic carbocycles. The number of hydrogen-bond acceptors (Lipinski definition) is 1. The Morgan fingerprint density at radius 3 is 2.58 bits per heavy atom. The van der Waals surface area contributed by atoms with Gasteiger partial charge in [-0.3, -0.25) is 0 Å². The topological polar surface area (TPSA) is 9.23 Å². The molecule has 0 saturated carbocycles. The van der Waals surface area contributed by atoms with E-state index in [1.54, 1.807) is 0 Å². The van der Waals surface area contributed by atoms with Crippen LogP contribution in [-0.4, -0.2) is 26.1 Å². The molecule has 0 aliphatic rings. The summed E-state index contributed by atoms with van der Waals surface area (Å²) < 4.78 is 28.7. The van der Waals surface area contributed by atoms with Crippen molar-refractivity contribution in [2.24, 2.45) is 0 Å². The number of alkyl halides is 2. The molecule has 0 heterocycles. The second kappa shape index (κ2) is 8.91. The fourth-order valence-corrected chi connectivity index (χ4v) is 0.887. The quantitative estimate of drug-likeness (QED) is 0.522. The van der Waals surface area contributed by atoms with E-state index in [1.165, 1.54) is 12.8 Å². The first-order chi connectivity index (χ1) is 5.81. The van der Waals surface area contributed by atoms with E-state index in [4.69, 9.17) is 4.74 Å². The van der Waals surface area contributed by atoms with Crippen molar-refractivity contribution in [2.45, 2.75) is 38.8 Å². The predicted octanol–water partition coefficient (Wildman–Crippen LogP) is 2.89. The zero-order valence-electron chi connectivity index (χ0n) is 7.69. The van der Waals surface area contributed by atoms with Crippen LogP contribution in [0.3, 0.4) is 0 Å². The predicted molar refractivity (Wildman–Crippen MR) is 45.8 cm³/mol. The molecule has 0 radical (unpaired) electrons. The molecule has 0 N–H and O–H groups in total. The van der Waals surface area contributed by atoms with E-state index >= 15 is 0 Å². The highest BCUT2D eigenvalue weighted by Crippen LogP contribution is 2.00. The maximum Gasteiger partial charge on any atom is 0.151 e. The van der Waals surface area contributed by atoms with Crippen molar-refractivity contribution in [1.29, 1.82) is 0 Å². The van der Waals surface area contributed by atoms with E-state index in [1.807, 2.05) is 0 Å². The van der Waals surface area contributed by atoms with E-state index in [0.29, 0.717) is 6.61 Å². The van der Waals surface area contributed by atoms with Gasteiger partial charge in [0.25, 0.3) is 0 Å². The first-order valence-electron chi connectivity index (χ1n) is 4.59. The average Bonchev–Trinajstić information content (AvgIpc) is 2.10. The third-order valence-electron chi connectivity index (χ3n) is 1.61. The van der Waals surface area contributed by atoms with Gasteiger partial charge < -0.3 is 4.74 Å². The van der Waals surface area contributed by atoms with Crippen molar-refractivity contribution < 1.29 is 13.5 Å². The van der Waals surface area contributed by atoms with Crippen molar-refractivity contribution in [1.82, 2.24) is 0 Å². The van der Waals surface area contributed by atoms with Crippen LogP contribution in [0.15, 0.2) is 0 Å². The Labute approximate surface area is 73.1 Å². The average molecular weight is 180 g/mol. The van der Waals surface area contributed by atoms with Crippen LogP contribution >= 0.6 is 0 Å². The molecule has 0 amide bonds. The molecule has 0 aromatic rings. The van der Waals surface area contributed by atoms with Crippen LogP contribution in [0.25, 0.3) is 0 Å². The zero-order valence-corrected chi connectivity index (χ0v) is 7.69. The minimum absolute atomic E-state index is 0.0946. The van der Waals surface area contributed by atoms with Crippen molar-refractivity contribution in [2.75, 3.05) is 19.9 Å². The Hall–Kier alpha value is -0.180. The number of rotatable bonds is 8. The fourth-order valence-electron chi connectivity index (χ4n) is 0.887. The summed E-state index contributed by atoms with van der Waals surface area (Å²) in [4.78, 5) is 0. The van der Waals surface area contributed by atoms with Crippen LogP contribution in [-0.2, 0) is 4.74 Å². The Morgan fingerprint density at radius 2 is 2.00 bits per heavy atom. The summed E-state index contributed by atoms with van der Waals surface area (Å²) in [7, 11) is 0. The Bertz CT molecular complexity index is 88.6. The second-order valence-corrected chi connectivity index (χ2v) is 2.89. The standard InChI is InChI=1S/C9H18F2O/c1-2-3-4-5-6-12-8-9(11)7-10/h9H,2-8H2,1H3. The van der Waals surface area contributed by atoms with Gasteiger partial charge in [-0.15, -0.1) is 0 Å². The van der Waals surface area contributed by atoms with Gasteiger partial charge >= 0.3 is 0 Å². The van der Waals surface area contributed by atoms with Gasteiger partial charge in [0.2, 0.25) is 0 Å². The summed E-state index contributed by atoms with van der Waals surface area (Å²) in [5.74, 6) is 0. The minimum atomic E-state index is -1.43. The lowest BCUT2D eigenvalue weighted by Gasteiger charge is -2.04. The normalized spacial score (nSPS) is 13.2. The molecule has 0 aromatic heterocycles. The Kier molecular flexibility index (Phi) is 8.78. The fraction of sp³-hybridized carbons (Fsp3) is 1.00. The molecule has 0 bridgehead atoms. The number of unbranched alkanes of at least 4 members (excludes halogenated alkanes) is 3. The summed E-state index contributed by atoms with van der Waals surface area (Å²) in [5, 5.41) is 0. The highest BCUT2D eigenvalue weighted by Gasteiger charge is 2.03. The molecule has 0 aliphatic heterocycles. The molecule has 0 aromatic carbocycles. The first kappa shape index (κ1) is 11.8. The number of halogens is 2. The summed E-state index contributed by atoms with van der Waals surface area (Å²) in [6.07, 6.45) is 2.99. The summed E-state index contributed by atoms with van der Waals surface area (Å²) in [6, 6.07) is 0. The first-order valence-corrected chi connectivity index (χ1v) is 4.59. The van der Waals surface area contributed by atoms with Gasteiger partial charge in [0, 0.05) is 6.61 Å². The monoisotopic (exact) mass is 180 g/mol. The molecule has 0 rings (SSSR count). The number of hydrogen-bond donors (Lipinski definition) is 0. The molecular weight excluding hydrogens is 162 g/mol. The molecule has 1 nitrogen and oxygen atoms in total. The van der Waals surface area contributed by atoms with Crippen molar-refractivity contribution >= 4 is 0 Å². The molecule has 0 spiro atoms. The molecule has 1 unspecified atom stereocenters. The van der Waals surface area contributed by atoms with Crippen molar-refractivity contribution in [3.8, 4) is 0 Å². The van der Waals surface area contributed by atoms with Gasteiger partial charge in [-0.25, -0.2) is 8.78 Å². The number of ether oxygens (including phenoxy) is 1. The van der Waals surface area contributed by atoms with E-state index < -0.39 is 12.8 Å². The molecule has 1 atom stereocenters. The SMILES string of the molecule is CCCCCCOCC(F)CF. The lowest BCUT2D eigenvalue weighted by Crippen LogP contribution is -2.12. The van der Waals surface area contributed by atoms with E-state index in [-0.39, 0.29) is 6.61 Å². The third kappa shape index (κ3) is 7.92. The van der Waals surface area contributed by atoms with Crippen LogP contribution in [0.1, 0.15) is 32.6 Å². The summed E-state index contributed by atoms with van der Waals surface area (Å²) in [6.45, 7) is 1.65. The Balaban J connectivity index is 2.90. The van der Waals surface area contributed by atoms with Crippen LogP contribution in [0.4, 0.5) is 8.78 Å². The molecule has 74 valence electrons. The highest BCUT2D eigenvalue weighted by atomic mass is 19.2. The smallest absolute Gasteiger partial charge is 0.151 e. The van der Waals surface area contributed by atoms with Gasteiger partial charge in [-0.1, -0.05) is 26.2 Å². The third-order valence-corrected chi connectivity index (χ3v) is 1.61. The summed E-state index contributed by atoms with van der Waals surface area (Å²) >= 11 is 0. The van der Waals surface area contributed by atoms with E-state index in [9.17, 15) is 8.78 Å². The maximum atomic E-state index is 12.2. The van der Waals surface area contributed by atoms with Crippen molar-refractivity contribution in [3.63, 3.8) is 0 Å². The zero-order chi connectivity index (χ0) is 9.23. The Morgan fingerprint density at radius 1 is 1.25 bits per heavy atom. The molecule has 0 saturated heterocycles. The van der Waals surface area contributed by atoms with Crippen LogP contribution < -0.4 is 0 Å². The van der Waals surface area contributed by atoms with Crippen LogP contribution in [0.2, 0.25) is 0 Å². The highest BCUT2D eigenvalue weighted by molar-refractivity contribution is 4.50. The largest absolute Gasteiger partial charge is 0.378 e. The van der Waals surface area contributed by atoms with Gasteiger partial charge in [0.05, 0.1) is 6.61 Å². The second-order valence-electron chi connectivity index (χ2n) is 2.89. The van der Waals surface area contributed by atoms with Gasteiger partial charge in [-0.05, 0) is 6.42 Å². The maximum absolute atomic E-state index is 12.2. The lowest BCUT2D eigenvalue weighted by atomic mass is 10.2. The van der Waals surface area contributed by atoms with Gasteiger partial charge in [-0.2, -0.15) is 0 Å².